The average molecular weight is 160 g/mol. The molecular weight excluding hydrogens is 150 g/mol. The van der Waals surface area contributed by atoms with Crippen molar-refractivity contribution < 1.29 is 13.9 Å². The summed E-state index contributed by atoms with van der Waals surface area (Å²) in [5.41, 5.74) is 0.396. The van der Waals surface area contributed by atoms with Crippen LogP contribution >= 0.6 is 0 Å². The standard InChI is InChI=1S/C8H10F2O/c1-3-7(11)6(2)4-5-8(9)10/h1,4,7-8,11H,5H2,2H3. The van der Waals surface area contributed by atoms with Gasteiger partial charge in [0.1, 0.15) is 6.10 Å². The molecule has 3 heteroatoms. The van der Waals surface area contributed by atoms with E-state index in [4.69, 9.17) is 11.5 Å². The van der Waals surface area contributed by atoms with Crippen molar-refractivity contribution in [3.8, 4) is 12.3 Å². The number of halogens is 2. The van der Waals surface area contributed by atoms with Crippen LogP contribution in [0.15, 0.2) is 11.6 Å². The van der Waals surface area contributed by atoms with Crippen LogP contribution in [0.1, 0.15) is 13.3 Å². The van der Waals surface area contributed by atoms with E-state index in [-0.39, 0.29) is 6.42 Å². The average Bonchev–Trinajstić information content (AvgIpc) is 1.98. The maximum absolute atomic E-state index is 11.6. The lowest BCUT2D eigenvalue weighted by Gasteiger charge is -2.02. The van der Waals surface area contributed by atoms with Gasteiger partial charge in [-0.1, -0.05) is 12.0 Å². The third-order valence-electron chi connectivity index (χ3n) is 1.21. The van der Waals surface area contributed by atoms with Gasteiger partial charge in [-0.2, -0.15) is 0 Å². The number of hydrogen-bond donors (Lipinski definition) is 1. The van der Waals surface area contributed by atoms with Gasteiger partial charge in [0.2, 0.25) is 6.43 Å². The summed E-state index contributed by atoms with van der Waals surface area (Å²) in [4.78, 5) is 0. The van der Waals surface area contributed by atoms with Crippen molar-refractivity contribution in [2.24, 2.45) is 0 Å². The minimum Gasteiger partial charge on any atom is -0.376 e. The smallest absolute Gasteiger partial charge is 0.242 e. The summed E-state index contributed by atoms with van der Waals surface area (Å²) in [5.74, 6) is 2.03. The third-order valence-corrected chi connectivity index (χ3v) is 1.21. The lowest BCUT2D eigenvalue weighted by atomic mass is 10.1. The molecular formula is C8H10F2O. The number of aliphatic hydroxyl groups excluding tert-OH is 1. The minimum atomic E-state index is -2.38. The largest absolute Gasteiger partial charge is 0.376 e. The lowest BCUT2D eigenvalue weighted by molar-refractivity contribution is 0.151. The van der Waals surface area contributed by atoms with Gasteiger partial charge in [0, 0.05) is 6.42 Å². The number of rotatable bonds is 3. The summed E-state index contributed by atoms with van der Waals surface area (Å²) in [7, 11) is 0. The van der Waals surface area contributed by atoms with E-state index in [0.717, 1.165) is 0 Å². The van der Waals surface area contributed by atoms with Crippen LogP contribution in [0.2, 0.25) is 0 Å². The molecule has 0 fully saturated rings. The molecule has 0 aliphatic heterocycles. The van der Waals surface area contributed by atoms with E-state index in [0.29, 0.717) is 5.57 Å². The SMILES string of the molecule is C#CC(O)C(C)=CCC(F)F. The Bertz CT molecular complexity index is 179. The molecule has 0 spiro atoms. The van der Waals surface area contributed by atoms with Crippen LogP contribution in [0.3, 0.4) is 0 Å². The third kappa shape index (κ3) is 4.51. The predicted octanol–water partition coefficient (Wildman–Crippen LogP) is 1.58. The molecule has 0 saturated heterocycles. The predicted molar refractivity (Wildman–Crippen MR) is 39.2 cm³/mol. The highest BCUT2D eigenvalue weighted by atomic mass is 19.3. The Hall–Kier alpha value is -0.880. The molecule has 0 bridgehead atoms. The Morgan fingerprint density at radius 2 is 2.27 bits per heavy atom. The zero-order valence-electron chi connectivity index (χ0n) is 6.22. The van der Waals surface area contributed by atoms with Crippen LogP contribution in [0.5, 0.6) is 0 Å². The van der Waals surface area contributed by atoms with Gasteiger partial charge in [0.25, 0.3) is 0 Å². The fourth-order valence-electron chi connectivity index (χ4n) is 0.518. The van der Waals surface area contributed by atoms with Gasteiger partial charge in [-0.3, -0.25) is 0 Å². The van der Waals surface area contributed by atoms with E-state index in [1.54, 1.807) is 0 Å². The van der Waals surface area contributed by atoms with E-state index >= 15 is 0 Å². The summed E-state index contributed by atoms with van der Waals surface area (Å²) < 4.78 is 23.2. The first kappa shape index (κ1) is 10.1. The minimum absolute atomic E-state index is 0.357. The molecule has 1 N–H and O–H groups in total. The fraction of sp³-hybridized carbons (Fsp3) is 0.500. The maximum atomic E-state index is 11.6. The van der Waals surface area contributed by atoms with Crippen molar-refractivity contribution in [1.29, 1.82) is 0 Å². The highest BCUT2D eigenvalue weighted by Gasteiger charge is 2.03. The van der Waals surface area contributed by atoms with E-state index in [2.05, 4.69) is 0 Å². The molecule has 11 heavy (non-hydrogen) atoms. The van der Waals surface area contributed by atoms with E-state index in [1.165, 1.54) is 13.0 Å². The molecule has 1 atom stereocenters. The molecule has 62 valence electrons. The van der Waals surface area contributed by atoms with Gasteiger partial charge >= 0.3 is 0 Å². The molecule has 0 saturated carbocycles. The molecule has 0 aromatic carbocycles. The Morgan fingerprint density at radius 3 is 2.64 bits per heavy atom. The Balaban J connectivity index is 3.92. The van der Waals surface area contributed by atoms with Crippen molar-refractivity contribution in [3.63, 3.8) is 0 Å². The Morgan fingerprint density at radius 1 is 1.73 bits per heavy atom. The quantitative estimate of drug-likeness (QED) is 0.491. The van der Waals surface area contributed by atoms with Crippen molar-refractivity contribution in [1.82, 2.24) is 0 Å². The second kappa shape index (κ2) is 4.86. The van der Waals surface area contributed by atoms with Crippen molar-refractivity contribution in [2.75, 3.05) is 0 Å². The highest BCUT2D eigenvalue weighted by Crippen LogP contribution is 2.06. The Kier molecular flexibility index (Phi) is 4.47. The van der Waals surface area contributed by atoms with Gasteiger partial charge in [0.05, 0.1) is 0 Å². The normalized spacial score (nSPS) is 14.7. The first-order valence-electron chi connectivity index (χ1n) is 3.17. The molecule has 0 aliphatic rings. The van der Waals surface area contributed by atoms with E-state index < -0.39 is 12.5 Å². The molecule has 0 amide bonds. The topological polar surface area (TPSA) is 20.2 Å². The number of hydrogen-bond acceptors (Lipinski definition) is 1. The summed E-state index contributed by atoms with van der Waals surface area (Å²) in [5, 5.41) is 8.89. The van der Waals surface area contributed by atoms with Gasteiger partial charge in [-0.15, -0.1) is 6.42 Å². The lowest BCUT2D eigenvalue weighted by Crippen LogP contribution is -2.04. The second-order valence-corrected chi connectivity index (χ2v) is 2.14. The van der Waals surface area contributed by atoms with Gasteiger partial charge in [0.15, 0.2) is 0 Å². The van der Waals surface area contributed by atoms with Crippen LogP contribution in [0, 0.1) is 12.3 Å². The van der Waals surface area contributed by atoms with Crippen molar-refractivity contribution in [2.45, 2.75) is 25.9 Å². The molecule has 0 aromatic heterocycles. The Labute approximate surface area is 64.7 Å². The first-order valence-corrected chi connectivity index (χ1v) is 3.17. The summed E-state index contributed by atoms with van der Waals surface area (Å²) in [6.45, 7) is 1.52. The van der Waals surface area contributed by atoms with Gasteiger partial charge in [-0.25, -0.2) is 8.78 Å². The number of terminal acetylenes is 1. The zero-order chi connectivity index (χ0) is 8.85. The van der Waals surface area contributed by atoms with Gasteiger partial charge in [-0.05, 0) is 12.5 Å². The summed E-state index contributed by atoms with van der Waals surface area (Å²) in [6.07, 6.45) is 2.33. The van der Waals surface area contributed by atoms with Crippen LogP contribution in [0.25, 0.3) is 0 Å². The van der Waals surface area contributed by atoms with E-state index in [9.17, 15) is 8.78 Å². The van der Waals surface area contributed by atoms with Crippen LogP contribution in [0.4, 0.5) is 8.78 Å². The van der Waals surface area contributed by atoms with Crippen molar-refractivity contribution in [3.05, 3.63) is 11.6 Å². The molecule has 0 aromatic rings. The molecule has 0 aliphatic carbocycles. The fourth-order valence-corrected chi connectivity index (χ4v) is 0.518. The van der Waals surface area contributed by atoms with E-state index in [1.807, 2.05) is 5.92 Å². The molecule has 0 rings (SSSR count). The summed E-state index contributed by atoms with van der Waals surface area (Å²) in [6, 6.07) is 0. The number of allylic oxidation sites excluding steroid dienone is 1. The second-order valence-electron chi connectivity index (χ2n) is 2.14. The number of alkyl halides is 2. The molecule has 1 unspecified atom stereocenters. The van der Waals surface area contributed by atoms with Crippen LogP contribution in [-0.2, 0) is 0 Å². The summed E-state index contributed by atoms with van der Waals surface area (Å²) >= 11 is 0. The molecule has 0 radical (unpaired) electrons. The zero-order valence-corrected chi connectivity index (χ0v) is 6.22. The highest BCUT2D eigenvalue weighted by molar-refractivity contribution is 5.16. The monoisotopic (exact) mass is 160 g/mol. The van der Waals surface area contributed by atoms with Gasteiger partial charge < -0.3 is 5.11 Å². The van der Waals surface area contributed by atoms with Crippen LogP contribution in [-0.4, -0.2) is 17.6 Å². The van der Waals surface area contributed by atoms with Crippen LogP contribution < -0.4 is 0 Å². The number of aliphatic hydroxyl groups is 1. The molecule has 0 heterocycles. The maximum Gasteiger partial charge on any atom is 0.242 e. The molecule has 1 nitrogen and oxygen atoms in total. The van der Waals surface area contributed by atoms with Crippen molar-refractivity contribution >= 4 is 0 Å². The first-order chi connectivity index (χ1) is 5.07.